The van der Waals surface area contributed by atoms with Crippen LogP contribution in [0.1, 0.15) is 35.3 Å². The minimum atomic E-state index is -4.58. The fourth-order valence-electron chi connectivity index (χ4n) is 2.21. The second kappa shape index (κ2) is 5.30. The summed E-state index contributed by atoms with van der Waals surface area (Å²) in [5, 5.41) is 9.07. The van der Waals surface area contributed by atoms with Crippen molar-refractivity contribution in [1.82, 2.24) is 4.98 Å². The van der Waals surface area contributed by atoms with Gasteiger partial charge < -0.3 is 10.0 Å². The van der Waals surface area contributed by atoms with Gasteiger partial charge in [0.1, 0.15) is 17.1 Å². The van der Waals surface area contributed by atoms with Crippen molar-refractivity contribution in [3.05, 3.63) is 23.4 Å². The summed E-state index contributed by atoms with van der Waals surface area (Å²) in [7, 11) is 1.58. The van der Waals surface area contributed by atoms with E-state index >= 15 is 0 Å². The van der Waals surface area contributed by atoms with E-state index in [1.54, 1.807) is 7.05 Å². The van der Waals surface area contributed by atoms with Crippen molar-refractivity contribution in [2.45, 2.75) is 25.4 Å². The van der Waals surface area contributed by atoms with Crippen molar-refractivity contribution < 1.29 is 23.1 Å². The normalized spacial score (nSPS) is 15.8. The summed E-state index contributed by atoms with van der Waals surface area (Å²) in [5.74, 6) is -1.00. The first-order valence-electron chi connectivity index (χ1n) is 6.31. The predicted molar refractivity (Wildman–Crippen MR) is 66.8 cm³/mol. The van der Waals surface area contributed by atoms with Gasteiger partial charge in [0, 0.05) is 13.6 Å². The lowest BCUT2D eigenvalue weighted by atomic mass is 9.85. The standard InChI is InChI=1S/C13H15F3N2O2/c1-18(7-8-3-2-4-8)11-9(12(19)20)5-6-10(17-11)13(14,15)16/h5-6,8H,2-4,7H2,1H3,(H,19,20). The highest BCUT2D eigenvalue weighted by molar-refractivity contribution is 5.93. The molecule has 110 valence electrons. The lowest BCUT2D eigenvalue weighted by Crippen LogP contribution is -2.31. The molecule has 1 fully saturated rings. The topological polar surface area (TPSA) is 53.4 Å². The number of hydrogen-bond acceptors (Lipinski definition) is 3. The largest absolute Gasteiger partial charge is 0.478 e. The van der Waals surface area contributed by atoms with Crippen LogP contribution in [-0.2, 0) is 6.18 Å². The highest BCUT2D eigenvalue weighted by atomic mass is 19.4. The van der Waals surface area contributed by atoms with Crippen molar-refractivity contribution >= 4 is 11.8 Å². The third-order valence-corrected chi connectivity index (χ3v) is 3.51. The van der Waals surface area contributed by atoms with Crippen molar-refractivity contribution in [2.75, 3.05) is 18.5 Å². The molecule has 7 heteroatoms. The van der Waals surface area contributed by atoms with Crippen LogP contribution in [0.4, 0.5) is 19.0 Å². The van der Waals surface area contributed by atoms with E-state index in [1.165, 1.54) is 4.90 Å². The number of aromatic nitrogens is 1. The second-order valence-electron chi connectivity index (χ2n) is 5.05. The Bertz CT molecular complexity index is 513. The Morgan fingerprint density at radius 3 is 2.55 bits per heavy atom. The van der Waals surface area contributed by atoms with Gasteiger partial charge in [0.15, 0.2) is 0 Å². The average Bonchev–Trinajstić information content (AvgIpc) is 2.31. The van der Waals surface area contributed by atoms with E-state index in [9.17, 15) is 18.0 Å². The number of carbonyl (C=O) groups is 1. The number of hydrogen-bond donors (Lipinski definition) is 1. The fourth-order valence-corrected chi connectivity index (χ4v) is 2.21. The van der Waals surface area contributed by atoms with Gasteiger partial charge in [0.25, 0.3) is 0 Å². The number of aromatic carboxylic acids is 1. The van der Waals surface area contributed by atoms with Crippen molar-refractivity contribution in [2.24, 2.45) is 5.92 Å². The Balaban J connectivity index is 2.32. The van der Waals surface area contributed by atoms with Gasteiger partial charge in [-0.15, -0.1) is 0 Å². The molecule has 4 nitrogen and oxygen atoms in total. The molecule has 0 spiro atoms. The first-order chi connectivity index (χ1) is 9.29. The number of pyridine rings is 1. The number of rotatable bonds is 4. The van der Waals surface area contributed by atoms with Crippen molar-refractivity contribution in [3.8, 4) is 0 Å². The minimum absolute atomic E-state index is 0.126. The molecule has 0 saturated heterocycles. The molecule has 20 heavy (non-hydrogen) atoms. The van der Waals surface area contributed by atoms with Crippen LogP contribution in [0.2, 0.25) is 0 Å². The lowest BCUT2D eigenvalue weighted by molar-refractivity contribution is -0.141. The molecule has 0 amide bonds. The van der Waals surface area contributed by atoms with Crippen LogP contribution in [0.15, 0.2) is 12.1 Å². The summed E-state index contributed by atoms with van der Waals surface area (Å²) < 4.78 is 38.0. The quantitative estimate of drug-likeness (QED) is 0.925. The van der Waals surface area contributed by atoms with Gasteiger partial charge in [0.2, 0.25) is 0 Å². The monoisotopic (exact) mass is 288 g/mol. The van der Waals surface area contributed by atoms with E-state index in [2.05, 4.69) is 4.98 Å². The van der Waals surface area contributed by atoms with Gasteiger partial charge in [-0.05, 0) is 30.9 Å². The number of anilines is 1. The first-order valence-corrected chi connectivity index (χ1v) is 6.31. The maximum Gasteiger partial charge on any atom is 0.433 e. The van der Waals surface area contributed by atoms with Crippen molar-refractivity contribution in [1.29, 1.82) is 0 Å². The van der Waals surface area contributed by atoms with E-state index in [-0.39, 0.29) is 11.4 Å². The molecule has 1 N–H and O–H groups in total. The molecule has 0 aromatic carbocycles. The van der Waals surface area contributed by atoms with Crippen LogP contribution in [0.3, 0.4) is 0 Å². The van der Waals surface area contributed by atoms with Gasteiger partial charge in [0.05, 0.1) is 0 Å². The average molecular weight is 288 g/mol. The third kappa shape index (κ3) is 3.02. The Kier molecular flexibility index (Phi) is 3.87. The minimum Gasteiger partial charge on any atom is -0.478 e. The summed E-state index contributed by atoms with van der Waals surface area (Å²) in [6.07, 6.45) is -1.43. The smallest absolute Gasteiger partial charge is 0.433 e. The molecule has 2 rings (SSSR count). The number of carboxylic acids is 1. The Morgan fingerprint density at radius 2 is 2.10 bits per heavy atom. The molecule has 0 radical (unpaired) electrons. The summed E-state index contributed by atoms with van der Waals surface area (Å²) in [4.78, 5) is 16.1. The van der Waals surface area contributed by atoms with Crippen LogP contribution >= 0.6 is 0 Å². The Hall–Kier alpha value is -1.79. The molecule has 1 aliphatic carbocycles. The van der Waals surface area contributed by atoms with Crippen LogP contribution in [0, 0.1) is 5.92 Å². The zero-order chi connectivity index (χ0) is 14.9. The zero-order valence-electron chi connectivity index (χ0n) is 10.9. The van der Waals surface area contributed by atoms with E-state index in [0.717, 1.165) is 25.3 Å². The van der Waals surface area contributed by atoms with Gasteiger partial charge in [-0.3, -0.25) is 0 Å². The first kappa shape index (κ1) is 14.6. The molecule has 0 atom stereocenters. The molecule has 1 heterocycles. The molecule has 0 aliphatic heterocycles. The Morgan fingerprint density at radius 1 is 1.45 bits per heavy atom. The van der Waals surface area contributed by atoms with Crippen LogP contribution in [-0.4, -0.2) is 29.7 Å². The van der Waals surface area contributed by atoms with Crippen LogP contribution in [0.25, 0.3) is 0 Å². The van der Waals surface area contributed by atoms with Gasteiger partial charge in [-0.25, -0.2) is 9.78 Å². The highest BCUT2D eigenvalue weighted by Gasteiger charge is 2.34. The van der Waals surface area contributed by atoms with E-state index in [0.29, 0.717) is 18.5 Å². The zero-order valence-corrected chi connectivity index (χ0v) is 10.9. The van der Waals surface area contributed by atoms with Gasteiger partial charge in [-0.2, -0.15) is 13.2 Å². The molecular formula is C13H15F3N2O2. The Labute approximate surface area is 114 Å². The maximum absolute atomic E-state index is 12.7. The number of nitrogens with zero attached hydrogens (tertiary/aromatic N) is 2. The lowest BCUT2D eigenvalue weighted by Gasteiger charge is -2.31. The number of carboxylic acid groups (broad SMARTS) is 1. The summed E-state index contributed by atoms with van der Waals surface area (Å²) in [6, 6.07) is 1.66. The summed E-state index contributed by atoms with van der Waals surface area (Å²) in [6.45, 7) is 0.522. The van der Waals surface area contributed by atoms with E-state index in [1.807, 2.05) is 0 Å². The molecule has 1 aromatic heterocycles. The van der Waals surface area contributed by atoms with Gasteiger partial charge in [-0.1, -0.05) is 6.42 Å². The van der Waals surface area contributed by atoms with Crippen LogP contribution in [0.5, 0.6) is 0 Å². The van der Waals surface area contributed by atoms with E-state index in [4.69, 9.17) is 5.11 Å². The third-order valence-electron chi connectivity index (χ3n) is 3.51. The molecule has 0 bridgehead atoms. The number of alkyl halides is 3. The van der Waals surface area contributed by atoms with Gasteiger partial charge >= 0.3 is 12.1 Å². The predicted octanol–water partition coefficient (Wildman–Crippen LogP) is 3.03. The highest BCUT2D eigenvalue weighted by Crippen LogP contribution is 2.32. The van der Waals surface area contributed by atoms with E-state index < -0.39 is 17.8 Å². The molecule has 0 unspecified atom stereocenters. The summed E-state index contributed by atoms with van der Waals surface area (Å²) in [5.41, 5.74) is -1.28. The van der Waals surface area contributed by atoms with Crippen molar-refractivity contribution in [3.63, 3.8) is 0 Å². The number of halogens is 3. The SMILES string of the molecule is CN(CC1CCC1)c1nc(C(F)(F)F)ccc1C(=O)O. The summed E-state index contributed by atoms with van der Waals surface area (Å²) >= 11 is 0. The molecule has 1 aliphatic rings. The molecule has 1 aromatic rings. The fraction of sp³-hybridized carbons (Fsp3) is 0.538. The molecule has 1 saturated carbocycles. The second-order valence-corrected chi connectivity index (χ2v) is 5.05. The molecular weight excluding hydrogens is 273 g/mol. The van der Waals surface area contributed by atoms with Crippen LogP contribution < -0.4 is 4.90 Å². The maximum atomic E-state index is 12.7.